The van der Waals surface area contributed by atoms with Crippen molar-refractivity contribution in [1.29, 1.82) is 0 Å². The van der Waals surface area contributed by atoms with E-state index in [1.54, 1.807) is 12.5 Å². The lowest BCUT2D eigenvalue weighted by molar-refractivity contribution is -0.263. The van der Waals surface area contributed by atoms with Crippen LogP contribution in [0.5, 0.6) is 0 Å². The molecule has 0 N–H and O–H groups in total. The maximum atomic E-state index is 13.3. The molecule has 2 saturated heterocycles. The number of Topliss-reactive ketones (excluding diaryl/α,β-unsaturated/α-hetero) is 1. The van der Waals surface area contributed by atoms with Crippen LogP contribution in [0.25, 0.3) is 0 Å². The van der Waals surface area contributed by atoms with Crippen molar-refractivity contribution < 1.29 is 33.0 Å². The fourth-order valence-electron chi connectivity index (χ4n) is 9.69. The highest BCUT2D eigenvalue weighted by Gasteiger charge is 2.88. The van der Waals surface area contributed by atoms with Gasteiger partial charge in [0.15, 0.2) is 6.10 Å². The average molecular weight is 485 g/mol. The summed E-state index contributed by atoms with van der Waals surface area (Å²) >= 11 is 0. The lowest BCUT2D eigenvalue weighted by Gasteiger charge is -2.69. The Balaban J connectivity index is 1.53. The molecule has 9 atom stereocenters. The third kappa shape index (κ3) is 2.53. The topological polar surface area (TPSA) is 95.3 Å². The van der Waals surface area contributed by atoms with E-state index in [0.29, 0.717) is 12.8 Å². The highest BCUT2D eigenvalue weighted by atomic mass is 16.7. The Morgan fingerprint density at radius 2 is 1.80 bits per heavy atom. The number of epoxide rings is 1. The van der Waals surface area contributed by atoms with E-state index >= 15 is 0 Å². The molecule has 2 aliphatic heterocycles. The molecule has 190 valence electrons. The zero-order valence-corrected chi connectivity index (χ0v) is 21.5. The molecular weight excluding hydrogens is 448 g/mol. The van der Waals surface area contributed by atoms with Crippen LogP contribution in [0.15, 0.2) is 23.0 Å². The molecule has 0 unspecified atom stereocenters. The van der Waals surface area contributed by atoms with Crippen molar-refractivity contribution in [2.75, 3.05) is 0 Å². The Labute approximate surface area is 206 Å². The Kier molecular flexibility index (Phi) is 4.51. The number of cyclic esters (lactones) is 1. The Bertz CT molecular complexity index is 1110. The maximum absolute atomic E-state index is 13.3. The summed E-state index contributed by atoms with van der Waals surface area (Å²) < 4.78 is 24.0. The van der Waals surface area contributed by atoms with Gasteiger partial charge in [-0.3, -0.25) is 9.59 Å². The number of hydrogen-bond donors (Lipinski definition) is 0. The monoisotopic (exact) mass is 484 g/mol. The van der Waals surface area contributed by atoms with Crippen LogP contribution >= 0.6 is 0 Å². The van der Waals surface area contributed by atoms with Gasteiger partial charge < -0.3 is 18.6 Å². The minimum atomic E-state index is -0.820. The van der Waals surface area contributed by atoms with E-state index in [2.05, 4.69) is 34.6 Å². The maximum Gasteiger partial charge on any atom is 0.339 e. The summed E-state index contributed by atoms with van der Waals surface area (Å²) in [6.45, 7) is 12.2. The summed E-state index contributed by atoms with van der Waals surface area (Å²) in [7, 11) is 0. The van der Waals surface area contributed by atoms with Gasteiger partial charge in [0.2, 0.25) is 0 Å². The first-order valence-electron chi connectivity index (χ1n) is 12.9. The van der Waals surface area contributed by atoms with Gasteiger partial charge in [-0.2, -0.15) is 0 Å². The highest BCUT2D eigenvalue weighted by molar-refractivity contribution is 5.86. The van der Waals surface area contributed by atoms with Gasteiger partial charge >= 0.3 is 11.9 Å². The summed E-state index contributed by atoms with van der Waals surface area (Å²) in [6, 6.07) is 1.85. The Morgan fingerprint density at radius 1 is 1.06 bits per heavy atom. The summed E-state index contributed by atoms with van der Waals surface area (Å²) in [5.74, 6) is -0.213. The molecule has 7 nitrogen and oxygen atoms in total. The number of fused-ring (bicyclic) bond motifs is 3. The summed E-state index contributed by atoms with van der Waals surface area (Å²) in [5.41, 5.74) is -1.76. The second-order valence-electron chi connectivity index (χ2n) is 12.9. The predicted molar refractivity (Wildman–Crippen MR) is 124 cm³/mol. The molecule has 3 heterocycles. The largest absolute Gasteiger partial charge is 0.472 e. The fourth-order valence-corrected chi connectivity index (χ4v) is 9.69. The van der Waals surface area contributed by atoms with Crippen molar-refractivity contribution in [2.24, 2.45) is 33.5 Å². The van der Waals surface area contributed by atoms with E-state index in [0.717, 1.165) is 24.8 Å². The molecule has 1 aromatic rings. The zero-order chi connectivity index (χ0) is 25.2. The van der Waals surface area contributed by atoms with Crippen molar-refractivity contribution in [1.82, 2.24) is 0 Å². The van der Waals surface area contributed by atoms with Gasteiger partial charge in [-0.05, 0) is 49.0 Å². The van der Waals surface area contributed by atoms with Crippen LogP contribution in [-0.2, 0) is 28.6 Å². The third-order valence-corrected chi connectivity index (χ3v) is 11.3. The van der Waals surface area contributed by atoms with E-state index in [1.165, 1.54) is 6.92 Å². The second-order valence-corrected chi connectivity index (χ2v) is 12.9. The van der Waals surface area contributed by atoms with Crippen LogP contribution in [0.4, 0.5) is 0 Å². The molecule has 0 aromatic carbocycles. The molecule has 5 aliphatic rings. The predicted octanol–water partition coefficient (Wildman–Crippen LogP) is 4.78. The van der Waals surface area contributed by atoms with Gasteiger partial charge in [-0.25, -0.2) is 4.79 Å². The summed E-state index contributed by atoms with van der Waals surface area (Å²) in [6.07, 6.45) is 5.22. The molecule has 3 aliphatic carbocycles. The van der Waals surface area contributed by atoms with Crippen LogP contribution in [0.2, 0.25) is 0 Å². The molecule has 6 rings (SSSR count). The zero-order valence-electron chi connectivity index (χ0n) is 21.5. The van der Waals surface area contributed by atoms with Crippen molar-refractivity contribution in [2.45, 2.75) is 97.6 Å². The van der Waals surface area contributed by atoms with Crippen molar-refractivity contribution in [3.05, 3.63) is 24.2 Å². The molecule has 35 heavy (non-hydrogen) atoms. The smallest absolute Gasteiger partial charge is 0.339 e. The van der Waals surface area contributed by atoms with Gasteiger partial charge in [0.05, 0.1) is 12.5 Å². The van der Waals surface area contributed by atoms with E-state index in [9.17, 15) is 14.4 Å². The molecule has 1 aromatic heterocycles. The minimum absolute atomic E-state index is 0.0804. The number of esters is 2. The number of carbonyl (C=O) groups is 3. The molecule has 3 saturated carbocycles. The number of ether oxygens (including phenoxy) is 3. The SMILES string of the molecule is CC(=O)O[C@H]1C[C@H]2C(C)(C)C(=O)CC[C@]2(C)[C@@H]2CC[C@@]3(C)[C@H](c4ccoc4)OC(=O)[C@@H]4O[C@@]43[C@]12C. The van der Waals surface area contributed by atoms with Crippen molar-refractivity contribution >= 4 is 17.7 Å². The van der Waals surface area contributed by atoms with E-state index in [-0.39, 0.29) is 35.0 Å². The Hall–Kier alpha value is -2.15. The Morgan fingerprint density at radius 3 is 2.46 bits per heavy atom. The number of ketones is 1. The standard InChI is InChI=1S/C28H36O7/c1-15(29)33-20-13-18-24(2,3)19(30)8-10-25(18,4)17-7-11-26(5)21(16-9-12-32-14-16)34-23(31)22-28(26,35-22)27(17,20)6/h9,12,14,17-18,20-22H,7-8,10-11,13H2,1-6H3/t17-,18-,20-,21-,22-,25+,26-,27-,28-/m0/s1. The molecule has 5 fully saturated rings. The lowest BCUT2D eigenvalue weighted by atomic mass is 9.35. The molecule has 0 amide bonds. The van der Waals surface area contributed by atoms with Gasteiger partial charge in [0.1, 0.15) is 23.6 Å². The van der Waals surface area contributed by atoms with Crippen LogP contribution in [0, 0.1) is 33.5 Å². The van der Waals surface area contributed by atoms with Gasteiger partial charge in [-0.15, -0.1) is 0 Å². The third-order valence-electron chi connectivity index (χ3n) is 11.3. The van der Waals surface area contributed by atoms with Crippen LogP contribution in [0.1, 0.15) is 85.3 Å². The van der Waals surface area contributed by atoms with Crippen LogP contribution < -0.4 is 0 Å². The quantitative estimate of drug-likeness (QED) is 0.440. The van der Waals surface area contributed by atoms with Crippen molar-refractivity contribution in [3.8, 4) is 0 Å². The fraction of sp³-hybridized carbons (Fsp3) is 0.750. The lowest BCUT2D eigenvalue weighted by Crippen LogP contribution is -2.73. The normalized spacial score (nSPS) is 49.6. The van der Waals surface area contributed by atoms with E-state index in [4.69, 9.17) is 18.6 Å². The molecule has 0 bridgehead atoms. The molecule has 1 spiro atoms. The summed E-state index contributed by atoms with van der Waals surface area (Å²) in [5, 5.41) is 0. The van der Waals surface area contributed by atoms with Crippen molar-refractivity contribution in [3.63, 3.8) is 0 Å². The number of rotatable bonds is 2. The van der Waals surface area contributed by atoms with E-state index in [1.807, 2.05) is 6.07 Å². The second kappa shape index (κ2) is 6.78. The highest BCUT2D eigenvalue weighted by Crippen LogP contribution is 2.80. The first kappa shape index (κ1) is 23.3. The number of hydrogen-bond acceptors (Lipinski definition) is 7. The van der Waals surface area contributed by atoms with Gasteiger partial charge in [0, 0.05) is 35.2 Å². The first-order valence-corrected chi connectivity index (χ1v) is 12.9. The molecular formula is C28H36O7. The number of furan rings is 1. The average Bonchev–Trinajstić information content (AvgIpc) is 3.35. The number of carbonyl (C=O) groups excluding carboxylic acids is 3. The van der Waals surface area contributed by atoms with Crippen LogP contribution in [0.3, 0.4) is 0 Å². The van der Waals surface area contributed by atoms with Gasteiger partial charge in [-0.1, -0.05) is 34.6 Å². The first-order chi connectivity index (χ1) is 16.3. The molecule has 7 heteroatoms. The minimum Gasteiger partial charge on any atom is -0.472 e. The van der Waals surface area contributed by atoms with Crippen LogP contribution in [-0.4, -0.2) is 35.5 Å². The summed E-state index contributed by atoms with van der Waals surface area (Å²) in [4.78, 5) is 38.7. The molecule has 0 radical (unpaired) electrons. The van der Waals surface area contributed by atoms with Gasteiger partial charge in [0.25, 0.3) is 0 Å². The van der Waals surface area contributed by atoms with E-state index < -0.39 is 40.2 Å².